The number of aliphatic hydroxyl groups is 1. The number of aromatic nitrogens is 1. The Hall–Kier alpha value is -2.59. The Labute approximate surface area is 135 Å². The first-order chi connectivity index (χ1) is 11.2. The fourth-order valence-electron chi connectivity index (χ4n) is 2.81. The van der Waals surface area contributed by atoms with Crippen molar-refractivity contribution in [3.05, 3.63) is 71.9 Å². The summed E-state index contributed by atoms with van der Waals surface area (Å²) in [5.41, 5.74) is 2.46. The van der Waals surface area contributed by atoms with Crippen molar-refractivity contribution >= 4 is 16.8 Å². The molecule has 118 valence electrons. The summed E-state index contributed by atoms with van der Waals surface area (Å²) in [5, 5.41) is 14.0. The zero-order chi connectivity index (χ0) is 16.2. The quantitative estimate of drug-likeness (QED) is 0.761. The van der Waals surface area contributed by atoms with E-state index in [-0.39, 0.29) is 12.5 Å². The second kappa shape index (κ2) is 6.67. The van der Waals surface area contributed by atoms with E-state index < -0.39 is 6.10 Å². The zero-order valence-corrected chi connectivity index (χ0v) is 13.1. The smallest absolute Gasteiger partial charge is 0.268 e. The maximum absolute atomic E-state index is 12.5. The minimum Gasteiger partial charge on any atom is -0.387 e. The lowest BCUT2D eigenvalue weighted by atomic mass is 10.1. The maximum atomic E-state index is 12.5. The van der Waals surface area contributed by atoms with Crippen LogP contribution in [0.5, 0.6) is 0 Å². The third-order valence-electron chi connectivity index (χ3n) is 4.00. The Morgan fingerprint density at radius 1 is 1.13 bits per heavy atom. The third kappa shape index (κ3) is 3.12. The predicted octanol–water partition coefficient (Wildman–Crippen LogP) is 3.12. The van der Waals surface area contributed by atoms with Crippen LogP contribution in [0.2, 0.25) is 0 Å². The highest BCUT2D eigenvalue weighted by Gasteiger charge is 2.16. The van der Waals surface area contributed by atoms with Gasteiger partial charge in [0.05, 0.1) is 6.10 Å². The van der Waals surface area contributed by atoms with Crippen molar-refractivity contribution in [2.24, 2.45) is 0 Å². The molecule has 3 aromatic rings. The van der Waals surface area contributed by atoms with Gasteiger partial charge in [0.25, 0.3) is 5.91 Å². The number of amides is 1. The first-order valence-corrected chi connectivity index (χ1v) is 7.80. The van der Waals surface area contributed by atoms with Crippen LogP contribution in [-0.4, -0.2) is 22.1 Å². The van der Waals surface area contributed by atoms with Crippen LogP contribution in [0.15, 0.2) is 60.7 Å². The van der Waals surface area contributed by atoms with Crippen LogP contribution in [0, 0.1) is 0 Å². The van der Waals surface area contributed by atoms with Gasteiger partial charge < -0.3 is 15.0 Å². The standard InChI is InChI=1S/C19H20N2O2/c1-2-21-16-11-7-6-10-15(16)12-17(21)19(23)20-13-18(22)14-8-4-3-5-9-14/h3-12,18,22H,2,13H2,1H3,(H,20,23). The molecule has 0 aliphatic rings. The van der Waals surface area contributed by atoms with Gasteiger partial charge in [0.1, 0.15) is 5.69 Å². The molecule has 0 aliphatic carbocycles. The fraction of sp³-hybridized carbons (Fsp3) is 0.211. The van der Waals surface area contributed by atoms with E-state index in [0.717, 1.165) is 23.0 Å². The summed E-state index contributed by atoms with van der Waals surface area (Å²) in [4.78, 5) is 12.5. The molecule has 1 unspecified atom stereocenters. The summed E-state index contributed by atoms with van der Waals surface area (Å²) in [5.74, 6) is -0.168. The fourth-order valence-corrected chi connectivity index (χ4v) is 2.81. The largest absolute Gasteiger partial charge is 0.387 e. The molecule has 4 nitrogen and oxygen atoms in total. The molecule has 1 amide bonds. The molecule has 2 aromatic carbocycles. The lowest BCUT2D eigenvalue weighted by Crippen LogP contribution is -2.30. The number of nitrogens with zero attached hydrogens (tertiary/aromatic N) is 1. The Balaban J connectivity index is 1.76. The monoisotopic (exact) mass is 308 g/mol. The lowest BCUT2D eigenvalue weighted by Gasteiger charge is -2.13. The van der Waals surface area contributed by atoms with Crippen LogP contribution in [0.4, 0.5) is 0 Å². The summed E-state index contributed by atoms with van der Waals surface area (Å²) in [6.45, 7) is 2.92. The number of hydrogen-bond donors (Lipinski definition) is 2. The molecule has 0 spiro atoms. The molecule has 4 heteroatoms. The van der Waals surface area contributed by atoms with E-state index in [1.54, 1.807) is 0 Å². The Bertz CT molecular complexity index is 809. The molecule has 1 aromatic heterocycles. The molecule has 23 heavy (non-hydrogen) atoms. The average Bonchev–Trinajstić information content (AvgIpc) is 2.98. The number of hydrogen-bond acceptors (Lipinski definition) is 2. The molecular formula is C19H20N2O2. The van der Waals surface area contributed by atoms with Crippen molar-refractivity contribution in [2.45, 2.75) is 19.6 Å². The Kier molecular flexibility index (Phi) is 4.44. The first-order valence-electron chi connectivity index (χ1n) is 7.80. The van der Waals surface area contributed by atoms with Crippen molar-refractivity contribution in [1.82, 2.24) is 9.88 Å². The van der Waals surface area contributed by atoms with Crippen molar-refractivity contribution in [1.29, 1.82) is 0 Å². The van der Waals surface area contributed by atoms with Crippen LogP contribution >= 0.6 is 0 Å². The number of benzene rings is 2. The van der Waals surface area contributed by atoms with E-state index in [0.29, 0.717) is 5.69 Å². The Morgan fingerprint density at radius 2 is 1.83 bits per heavy atom. The lowest BCUT2D eigenvalue weighted by molar-refractivity contribution is 0.0907. The van der Waals surface area contributed by atoms with E-state index in [1.807, 2.05) is 72.2 Å². The molecule has 2 N–H and O–H groups in total. The number of aliphatic hydroxyl groups excluding tert-OH is 1. The van der Waals surface area contributed by atoms with Gasteiger partial charge in [-0.15, -0.1) is 0 Å². The number of fused-ring (bicyclic) bond motifs is 1. The molecular weight excluding hydrogens is 288 g/mol. The molecule has 0 aliphatic heterocycles. The molecule has 0 bridgehead atoms. The summed E-state index contributed by atoms with van der Waals surface area (Å²) in [6.07, 6.45) is -0.709. The summed E-state index contributed by atoms with van der Waals surface area (Å²) in [7, 11) is 0. The van der Waals surface area contributed by atoms with Gasteiger partial charge in [-0.3, -0.25) is 4.79 Å². The molecule has 0 fully saturated rings. The number of para-hydroxylation sites is 1. The van der Waals surface area contributed by atoms with Crippen LogP contribution < -0.4 is 5.32 Å². The minimum absolute atomic E-state index is 0.168. The Morgan fingerprint density at radius 3 is 2.57 bits per heavy atom. The van der Waals surface area contributed by atoms with Gasteiger partial charge in [0, 0.05) is 24.0 Å². The van der Waals surface area contributed by atoms with Crippen molar-refractivity contribution in [3.8, 4) is 0 Å². The van der Waals surface area contributed by atoms with Crippen molar-refractivity contribution in [3.63, 3.8) is 0 Å². The highest BCUT2D eigenvalue weighted by Crippen LogP contribution is 2.20. The molecule has 1 heterocycles. The zero-order valence-electron chi connectivity index (χ0n) is 13.1. The second-order valence-corrected chi connectivity index (χ2v) is 5.47. The summed E-state index contributed by atoms with van der Waals surface area (Å²) in [6, 6.07) is 19.2. The summed E-state index contributed by atoms with van der Waals surface area (Å²) < 4.78 is 1.99. The molecule has 0 saturated carbocycles. The number of nitrogens with one attached hydrogen (secondary N) is 1. The topological polar surface area (TPSA) is 54.3 Å². The normalized spacial score (nSPS) is 12.3. The van der Waals surface area contributed by atoms with Gasteiger partial charge >= 0.3 is 0 Å². The van der Waals surface area contributed by atoms with Gasteiger partial charge in [-0.2, -0.15) is 0 Å². The van der Waals surface area contributed by atoms with Gasteiger partial charge in [0.2, 0.25) is 0 Å². The van der Waals surface area contributed by atoms with Crippen LogP contribution in [0.3, 0.4) is 0 Å². The van der Waals surface area contributed by atoms with Gasteiger partial charge in [-0.1, -0.05) is 48.5 Å². The van der Waals surface area contributed by atoms with E-state index >= 15 is 0 Å². The van der Waals surface area contributed by atoms with Gasteiger partial charge in [0.15, 0.2) is 0 Å². The average molecular weight is 308 g/mol. The maximum Gasteiger partial charge on any atom is 0.268 e. The van der Waals surface area contributed by atoms with E-state index in [1.165, 1.54) is 0 Å². The SMILES string of the molecule is CCn1c(C(=O)NCC(O)c2ccccc2)cc2ccccc21. The second-order valence-electron chi connectivity index (χ2n) is 5.47. The number of rotatable bonds is 5. The third-order valence-corrected chi connectivity index (χ3v) is 4.00. The highest BCUT2D eigenvalue weighted by atomic mass is 16.3. The molecule has 0 radical (unpaired) electrons. The molecule has 0 saturated heterocycles. The number of aryl methyl sites for hydroxylation is 1. The van der Waals surface area contributed by atoms with Crippen molar-refractivity contribution < 1.29 is 9.90 Å². The van der Waals surface area contributed by atoms with Crippen LogP contribution in [0.1, 0.15) is 29.1 Å². The number of carbonyl (C=O) groups is 1. The molecule has 3 rings (SSSR count). The van der Waals surface area contributed by atoms with Crippen LogP contribution in [0.25, 0.3) is 10.9 Å². The van der Waals surface area contributed by atoms with Crippen molar-refractivity contribution in [2.75, 3.05) is 6.54 Å². The van der Waals surface area contributed by atoms with Crippen LogP contribution in [-0.2, 0) is 6.54 Å². The minimum atomic E-state index is -0.709. The highest BCUT2D eigenvalue weighted by molar-refractivity contribution is 5.98. The summed E-state index contributed by atoms with van der Waals surface area (Å²) >= 11 is 0. The van der Waals surface area contributed by atoms with Gasteiger partial charge in [-0.05, 0) is 24.6 Å². The predicted molar refractivity (Wildman–Crippen MR) is 91.3 cm³/mol. The number of carbonyl (C=O) groups excluding carboxylic acids is 1. The van der Waals surface area contributed by atoms with Gasteiger partial charge in [-0.25, -0.2) is 0 Å². The van der Waals surface area contributed by atoms with E-state index in [2.05, 4.69) is 5.32 Å². The van der Waals surface area contributed by atoms with E-state index in [4.69, 9.17) is 0 Å². The first kappa shape index (κ1) is 15.3. The molecule has 1 atom stereocenters. The van der Waals surface area contributed by atoms with E-state index in [9.17, 15) is 9.90 Å².